The minimum absolute atomic E-state index is 0.103. The van der Waals surface area contributed by atoms with E-state index in [-0.39, 0.29) is 11.9 Å². The number of hydrogen-bond acceptors (Lipinski definition) is 3. The normalized spacial score (nSPS) is 28.5. The summed E-state index contributed by atoms with van der Waals surface area (Å²) in [5.41, 5.74) is 2.16. The van der Waals surface area contributed by atoms with E-state index in [1.807, 2.05) is 18.2 Å². The highest BCUT2D eigenvalue weighted by atomic mass is 16.5. The van der Waals surface area contributed by atoms with Gasteiger partial charge in [-0.3, -0.25) is 9.59 Å². The Kier molecular flexibility index (Phi) is 4.53. The van der Waals surface area contributed by atoms with E-state index in [9.17, 15) is 9.59 Å². The molecule has 4 heteroatoms. The van der Waals surface area contributed by atoms with Crippen LogP contribution in [0.2, 0.25) is 0 Å². The van der Waals surface area contributed by atoms with Gasteiger partial charge >= 0.3 is 5.97 Å². The largest absolute Gasteiger partial charge is 0.453 e. The molecule has 2 bridgehead atoms. The zero-order chi connectivity index (χ0) is 17.4. The van der Waals surface area contributed by atoms with E-state index in [1.54, 1.807) is 11.8 Å². The fourth-order valence-electron chi connectivity index (χ4n) is 5.12. The van der Waals surface area contributed by atoms with Crippen LogP contribution in [-0.2, 0) is 20.7 Å². The highest BCUT2D eigenvalue weighted by molar-refractivity contribution is 5.98. The predicted molar refractivity (Wildman–Crippen MR) is 96.2 cm³/mol. The highest BCUT2D eigenvalue weighted by Gasteiger charge is 2.40. The third kappa shape index (κ3) is 3.31. The van der Waals surface area contributed by atoms with Crippen LogP contribution >= 0.6 is 0 Å². The molecule has 1 heterocycles. The van der Waals surface area contributed by atoms with Crippen molar-refractivity contribution >= 4 is 17.6 Å². The Morgan fingerprint density at radius 2 is 2.08 bits per heavy atom. The van der Waals surface area contributed by atoms with Gasteiger partial charge in [0.05, 0.1) is 0 Å². The second-order valence-corrected chi connectivity index (χ2v) is 7.99. The Morgan fingerprint density at radius 3 is 2.84 bits per heavy atom. The third-order valence-corrected chi connectivity index (χ3v) is 6.35. The molecule has 0 saturated heterocycles. The number of amides is 1. The molecule has 2 aliphatic carbocycles. The average molecular weight is 341 g/mol. The van der Waals surface area contributed by atoms with Crippen molar-refractivity contribution < 1.29 is 14.3 Å². The molecule has 4 nitrogen and oxygen atoms in total. The van der Waals surface area contributed by atoms with Crippen LogP contribution in [0.15, 0.2) is 24.3 Å². The van der Waals surface area contributed by atoms with Gasteiger partial charge in [-0.15, -0.1) is 0 Å². The van der Waals surface area contributed by atoms with Crippen LogP contribution in [0.3, 0.4) is 0 Å². The Bertz CT molecular complexity index is 671. The first-order valence-electron chi connectivity index (χ1n) is 9.70. The van der Waals surface area contributed by atoms with Crippen molar-refractivity contribution in [2.24, 2.45) is 17.8 Å². The van der Waals surface area contributed by atoms with Crippen LogP contribution in [-0.4, -0.2) is 24.5 Å². The molecule has 25 heavy (non-hydrogen) atoms. The van der Waals surface area contributed by atoms with Gasteiger partial charge in [0.15, 0.2) is 6.10 Å². The van der Waals surface area contributed by atoms with E-state index in [0.717, 1.165) is 24.4 Å². The average Bonchev–Trinajstić information content (AvgIpc) is 3.23. The molecule has 0 spiro atoms. The quantitative estimate of drug-likeness (QED) is 0.784. The molecule has 134 valence electrons. The van der Waals surface area contributed by atoms with E-state index in [2.05, 4.69) is 6.07 Å². The van der Waals surface area contributed by atoms with Gasteiger partial charge in [-0.25, -0.2) is 0 Å². The molecule has 0 radical (unpaired) electrons. The maximum atomic E-state index is 12.8. The minimum atomic E-state index is -0.711. The zero-order valence-electron chi connectivity index (χ0n) is 14.9. The number of fused-ring (bicyclic) bond motifs is 3. The van der Waals surface area contributed by atoms with Gasteiger partial charge in [0, 0.05) is 18.7 Å². The SMILES string of the molecule is C[C@H](OC(=O)C[C@@H]1C[C@H]2CC[C@H]1C2)C(=O)N1CCCc2ccccc21. The van der Waals surface area contributed by atoms with Gasteiger partial charge in [-0.1, -0.05) is 24.6 Å². The zero-order valence-corrected chi connectivity index (χ0v) is 14.9. The van der Waals surface area contributed by atoms with Crippen molar-refractivity contribution in [1.29, 1.82) is 0 Å². The summed E-state index contributed by atoms with van der Waals surface area (Å²) in [4.78, 5) is 26.9. The molecule has 4 rings (SSSR count). The molecule has 1 aromatic rings. The van der Waals surface area contributed by atoms with Crippen LogP contribution in [0.25, 0.3) is 0 Å². The molecular weight excluding hydrogens is 314 g/mol. The van der Waals surface area contributed by atoms with Gasteiger partial charge in [-0.2, -0.15) is 0 Å². The molecular formula is C21H27NO3. The summed E-state index contributed by atoms with van der Waals surface area (Å²) in [6, 6.07) is 8.01. The van der Waals surface area contributed by atoms with Gasteiger partial charge in [-0.05, 0) is 68.4 Å². The number of hydrogen-bond donors (Lipinski definition) is 0. The second kappa shape index (κ2) is 6.81. The summed E-state index contributed by atoms with van der Waals surface area (Å²) in [6.45, 7) is 2.41. The second-order valence-electron chi connectivity index (χ2n) is 7.99. The summed E-state index contributed by atoms with van der Waals surface area (Å²) in [5.74, 6) is 1.70. The number of anilines is 1. The van der Waals surface area contributed by atoms with Crippen molar-refractivity contribution in [3.63, 3.8) is 0 Å². The molecule has 1 amide bonds. The van der Waals surface area contributed by atoms with Crippen molar-refractivity contribution in [1.82, 2.24) is 0 Å². The Balaban J connectivity index is 1.35. The van der Waals surface area contributed by atoms with Crippen LogP contribution in [0.5, 0.6) is 0 Å². The lowest BCUT2D eigenvalue weighted by molar-refractivity contribution is -0.155. The molecule has 1 aromatic carbocycles. The van der Waals surface area contributed by atoms with Crippen LogP contribution < -0.4 is 4.90 Å². The Labute approximate surface area is 149 Å². The number of ether oxygens (including phenoxy) is 1. The van der Waals surface area contributed by atoms with Crippen molar-refractivity contribution in [3.8, 4) is 0 Å². The topological polar surface area (TPSA) is 46.6 Å². The lowest BCUT2D eigenvalue weighted by Gasteiger charge is -2.31. The number of aryl methyl sites for hydroxylation is 1. The minimum Gasteiger partial charge on any atom is -0.453 e. The highest BCUT2D eigenvalue weighted by Crippen LogP contribution is 2.49. The smallest absolute Gasteiger partial charge is 0.306 e. The number of nitrogens with zero attached hydrogens (tertiary/aromatic N) is 1. The predicted octanol–water partition coefficient (Wildman–Crippen LogP) is 3.72. The number of para-hydroxylation sites is 1. The molecule has 2 saturated carbocycles. The molecule has 0 aromatic heterocycles. The number of carbonyl (C=O) groups excluding carboxylic acids is 2. The summed E-state index contributed by atoms with van der Waals surface area (Å²) in [6.07, 6.45) is 6.78. The van der Waals surface area contributed by atoms with Crippen LogP contribution in [0, 0.1) is 17.8 Å². The van der Waals surface area contributed by atoms with E-state index < -0.39 is 6.10 Å². The van der Waals surface area contributed by atoms with E-state index >= 15 is 0 Å². The van der Waals surface area contributed by atoms with E-state index in [1.165, 1.54) is 31.2 Å². The lowest BCUT2D eigenvalue weighted by Crippen LogP contribution is -2.43. The van der Waals surface area contributed by atoms with E-state index in [4.69, 9.17) is 4.74 Å². The monoisotopic (exact) mass is 341 g/mol. The maximum absolute atomic E-state index is 12.8. The van der Waals surface area contributed by atoms with Gasteiger partial charge in [0.1, 0.15) is 0 Å². The maximum Gasteiger partial charge on any atom is 0.306 e. The first-order chi connectivity index (χ1) is 12.1. The summed E-state index contributed by atoms with van der Waals surface area (Å²) >= 11 is 0. The Hall–Kier alpha value is -1.84. The molecule has 2 fully saturated rings. The summed E-state index contributed by atoms with van der Waals surface area (Å²) < 4.78 is 5.52. The van der Waals surface area contributed by atoms with Crippen LogP contribution in [0.1, 0.15) is 51.0 Å². The first kappa shape index (κ1) is 16.6. The first-order valence-corrected chi connectivity index (χ1v) is 9.70. The number of esters is 1. The van der Waals surface area contributed by atoms with E-state index in [0.29, 0.717) is 24.8 Å². The fourth-order valence-corrected chi connectivity index (χ4v) is 5.12. The molecule has 4 atom stereocenters. The third-order valence-electron chi connectivity index (χ3n) is 6.35. The van der Waals surface area contributed by atoms with Gasteiger partial charge < -0.3 is 9.64 Å². The standard InChI is InChI=1S/C21H27NO3/c1-14(25-20(23)13-18-12-15-8-9-17(18)11-15)21(24)22-10-4-6-16-5-2-3-7-19(16)22/h2-3,5,7,14-15,17-18H,4,6,8-13H2,1H3/t14-,15-,17-,18-/m0/s1. The molecule has 1 aliphatic heterocycles. The summed E-state index contributed by atoms with van der Waals surface area (Å²) in [5, 5.41) is 0. The van der Waals surface area contributed by atoms with Gasteiger partial charge in [0.25, 0.3) is 5.91 Å². The molecule has 0 unspecified atom stereocenters. The van der Waals surface area contributed by atoms with Gasteiger partial charge in [0.2, 0.25) is 0 Å². The van der Waals surface area contributed by atoms with Crippen molar-refractivity contribution in [3.05, 3.63) is 29.8 Å². The molecule has 3 aliphatic rings. The van der Waals surface area contributed by atoms with Crippen LogP contribution in [0.4, 0.5) is 5.69 Å². The number of rotatable bonds is 4. The number of carbonyl (C=O) groups is 2. The molecule has 0 N–H and O–H groups in total. The summed E-state index contributed by atoms with van der Waals surface area (Å²) in [7, 11) is 0. The number of benzene rings is 1. The van der Waals surface area contributed by atoms with Crippen molar-refractivity contribution in [2.45, 2.75) is 58.0 Å². The fraction of sp³-hybridized carbons (Fsp3) is 0.619. The Morgan fingerprint density at radius 1 is 1.24 bits per heavy atom. The lowest BCUT2D eigenvalue weighted by atomic mass is 9.86. The van der Waals surface area contributed by atoms with Crippen molar-refractivity contribution in [2.75, 3.05) is 11.4 Å².